The fraction of sp³-hybridized carbons (Fsp3) is 0.562. The molecular formula is C16H20O3. The Bertz CT molecular complexity index is 533. The number of carbonyl (C=O) groups excluding carboxylic acids is 1. The Balaban J connectivity index is 1.95. The molecule has 3 heteroatoms. The van der Waals surface area contributed by atoms with Crippen LogP contribution >= 0.6 is 0 Å². The van der Waals surface area contributed by atoms with Crippen LogP contribution in [0.3, 0.4) is 0 Å². The van der Waals surface area contributed by atoms with Crippen LogP contribution in [0, 0.1) is 5.41 Å². The first-order chi connectivity index (χ1) is 8.93. The minimum absolute atomic E-state index is 0.179. The second kappa shape index (κ2) is 3.99. The molecule has 102 valence electrons. The van der Waals surface area contributed by atoms with Crippen molar-refractivity contribution < 1.29 is 14.3 Å². The molecule has 1 heterocycles. The van der Waals surface area contributed by atoms with Crippen molar-refractivity contribution in [2.75, 3.05) is 7.11 Å². The average Bonchev–Trinajstić information content (AvgIpc) is 2.64. The lowest BCUT2D eigenvalue weighted by Gasteiger charge is -2.36. The molecule has 1 fully saturated rings. The third-order valence-corrected chi connectivity index (χ3v) is 4.35. The summed E-state index contributed by atoms with van der Waals surface area (Å²) in [5.41, 5.74) is 0.654. The predicted molar refractivity (Wildman–Crippen MR) is 72.9 cm³/mol. The fourth-order valence-corrected chi connectivity index (χ4v) is 3.45. The van der Waals surface area contributed by atoms with Crippen LogP contribution in [0.2, 0.25) is 0 Å². The summed E-state index contributed by atoms with van der Waals surface area (Å²) in [6, 6.07) is 5.49. The Morgan fingerprint density at radius 3 is 2.68 bits per heavy atom. The van der Waals surface area contributed by atoms with Gasteiger partial charge in [0.2, 0.25) is 0 Å². The van der Waals surface area contributed by atoms with E-state index in [1.807, 2.05) is 12.1 Å². The molecule has 1 aliphatic carbocycles. The Labute approximate surface area is 113 Å². The van der Waals surface area contributed by atoms with Gasteiger partial charge in [-0.1, -0.05) is 13.8 Å². The first kappa shape index (κ1) is 12.5. The van der Waals surface area contributed by atoms with Gasteiger partial charge in [-0.05, 0) is 42.9 Å². The number of hydrogen-bond donors (Lipinski definition) is 0. The Hall–Kier alpha value is -1.51. The van der Waals surface area contributed by atoms with Gasteiger partial charge in [0.15, 0.2) is 5.78 Å². The largest absolute Gasteiger partial charge is 0.497 e. The van der Waals surface area contributed by atoms with E-state index in [4.69, 9.17) is 9.47 Å². The number of carbonyl (C=O) groups is 1. The number of fused-ring (bicyclic) bond motifs is 1. The summed E-state index contributed by atoms with van der Waals surface area (Å²) in [5, 5.41) is 0. The van der Waals surface area contributed by atoms with Crippen molar-refractivity contribution in [2.24, 2.45) is 5.41 Å². The molecule has 19 heavy (non-hydrogen) atoms. The minimum atomic E-state index is -0.276. The van der Waals surface area contributed by atoms with Crippen LogP contribution in [0.5, 0.6) is 11.5 Å². The zero-order valence-corrected chi connectivity index (χ0v) is 11.8. The van der Waals surface area contributed by atoms with Crippen molar-refractivity contribution in [3.05, 3.63) is 23.8 Å². The standard InChI is InChI=1S/C16H20O3/c1-15(2)6-7-16(10-15)9-13(17)12-8-11(18-3)4-5-14(12)19-16/h4-5,8H,6-7,9-10H2,1-3H3. The van der Waals surface area contributed by atoms with Crippen molar-refractivity contribution in [3.63, 3.8) is 0 Å². The van der Waals surface area contributed by atoms with Crippen LogP contribution < -0.4 is 9.47 Å². The molecule has 0 aromatic heterocycles. The Morgan fingerprint density at radius 1 is 1.26 bits per heavy atom. The molecule has 1 aromatic rings. The zero-order chi connectivity index (χ0) is 13.7. The summed E-state index contributed by atoms with van der Waals surface area (Å²) >= 11 is 0. The van der Waals surface area contributed by atoms with Gasteiger partial charge in [0.1, 0.15) is 17.1 Å². The van der Waals surface area contributed by atoms with E-state index in [0.29, 0.717) is 17.7 Å². The van der Waals surface area contributed by atoms with Crippen LogP contribution in [0.1, 0.15) is 49.9 Å². The van der Waals surface area contributed by atoms with Gasteiger partial charge in [0.25, 0.3) is 0 Å². The van der Waals surface area contributed by atoms with Crippen LogP contribution in [0.15, 0.2) is 18.2 Å². The molecule has 0 saturated heterocycles. The molecule has 0 amide bonds. The minimum Gasteiger partial charge on any atom is -0.497 e. The first-order valence-electron chi connectivity index (χ1n) is 6.83. The molecule has 2 aliphatic rings. The van der Waals surface area contributed by atoms with Gasteiger partial charge in [0, 0.05) is 0 Å². The van der Waals surface area contributed by atoms with Crippen LogP contribution in [-0.4, -0.2) is 18.5 Å². The number of ether oxygens (including phenoxy) is 2. The third kappa shape index (κ3) is 2.11. The highest BCUT2D eigenvalue weighted by Crippen LogP contribution is 2.50. The number of hydrogen-bond acceptors (Lipinski definition) is 3. The van der Waals surface area contributed by atoms with Crippen molar-refractivity contribution in [1.82, 2.24) is 0 Å². The second-order valence-electron chi connectivity index (χ2n) is 6.59. The van der Waals surface area contributed by atoms with E-state index in [1.165, 1.54) is 0 Å². The lowest BCUT2D eigenvalue weighted by Crippen LogP contribution is -2.40. The topological polar surface area (TPSA) is 35.5 Å². The van der Waals surface area contributed by atoms with Crippen molar-refractivity contribution in [3.8, 4) is 11.5 Å². The molecule has 0 bridgehead atoms. The quantitative estimate of drug-likeness (QED) is 0.773. The average molecular weight is 260 g/mol. The molecule has 1 atom stereocenters. The lowest BCUT2D eigenvalue weighted by molar-refractivity contribution is 0.0385. The van der Waals surface area contributed by atoms with E-state index in [1.54, 1.807) is 13.2 Å². The lowest BCUT2D eigenvalue weighted by atomic mass is 9.84. The number of rotatable bonds is 1. The van der Waals surface area contributed by atoms with E-state index >= 15 is 0 Å². The van der Waals surface area contributed by atoms with Gasteiger partial charge < -0.3 is 9.47 Å². The molecule has 3 rings (SSSR count). The predicted octanol–water partition coefficient (Wildman–Crippen LogP) is 3.61. The molecule has 3 nitrogen and oxygen atoms in total. The molecular weight excluding hydrogens is 240 g/mol. The van der Waals surface area contributed by atoms with Gasteiger partial charge in [-0.2, -0.15) is 0 Å². The maximum absolute atomic E-state index is 12.4. The molecule has 1 aliphatic heterocycles. The van der Waals surface area contributed by atoms with E-state index in [9.17, 15) is 4.79 Å². The van der Waals surface area contributed by atoms with Gasteiger partial charge in [0.05, 0.1) is 19.1 Å². The van der Waals surface area contributed by atoms with Gasteiger partial charge in [-0.3, -0.25) is 4.79 Å². The van der Waals surface area contributed by atoms with Gasteiger partial charge in [-0.25, -0.2) is 0 Å². The maximum Gasteiger partial charge on any atom is 0.170 e. The number of ketones is 1. The van der Waals surface area contributed by atoms with Gasteiger partial charge >= 0.3 is 0 Å². The summed E-state index contributed by atoms with van der Waals surface area (Å²) < 4.78 is 11.4. The van der Waals surface area contributed by atoms with E-state index in [2.05, 4.69) is 13.8 Å². The SMILES string of the molecule is COc1ccc2c(c1)C(=O)CC1(CCC(C)(C)C1)O2. The van der Waals surface area contributed by atoms with Crippen molar-refractivity contribution in [1.29, 1.82) is 0 Å². The summed E-state index contributed by atoms with van der Waals surface area (Å²) in [5.74, 6) is 1.60. The van der Waals surface area contributed by atoms with Gasteiger partial charge in [-0.15, -0.1) is 0 Å². The van der Waals surface area contributed by atoms with Crippen LogP contribution in [0.25, 0.3) is 0 Å². The normalized spacial score (nSPS) is 28.1. The van der Waals surface area contributed by atoms with Crippen LogP contribution in [-0.2, 0) is 0 Å². The molecule has 1 saturated carbocycles. The second-order valence-corrected chi connectivity index (χ2v) is 6.59. The third-order valence-electron chi connectivity index (χ3n) is 4.35. The highest BCUT2D eigenvalue weighted by molar-refractivity contribution is 6.00. The molecule has 0 radical (unpaired) electrons. The Morgan fingerprint density at radius 2 is 2.05 bits per heavy atom. The zero-order valence-electron chi connectivity index (χ0n) is 11.8. The molecule has 0 N–H and O–H groups in total. The number of methoxy groups -OCH3 is 1. The van der Waals surface area contributed by atoms with Crippen molar-refractivity contribution >= 4 is 5.78 Å². The van der Waals surface area contributed by atoms with Crippen molar-refractivity contribution in [2.45, 2.75) is 45.1 Å². The summed E-state index contributed by atoms with van der Waals surface area (Å²) in [6.45, 7) is 4.50. The molecule has 1 aromatic carbocycles. The molecule has 1 unspecified atom stereocenters. The number of Topliss-reactive ketones (excluding diaryl/α,β-unsaturated/α-hetero) is 1. The molecule has 1 spiro atoms. The number of benzene rings is 1. The Kier molecular flexibility index (Phi) is 2.63. The van der Waals surface area contributed by atoms with Crippen LogP contribution in [0.4, 0.5) is 0 Å². The smallest absolute Gasteiger partial charge is 0.170 e. The van der Waals surface area contributed by atoms with E-state index in [0.717, 1.165) is 25.0 Å². The highest BCUT2D eigenvalue weighted by atomic mass is 16.5. The first-order valence-corrected chi connectivity index (χ1v) is 6.83. The fourth-order valence-electron chi connectivity index (χ4n) is 3.45. The van der Waals surface area contributed by atoms with E-state index in [-0.39, 0.29) is 16.8 Å². The summed E-state index contributed by atoms with van der Waals surface area (Å²) in [6.07, 6.45) is 3.54. The monoisotopic (exact) mass is 260 g/mol. The highest BCUT2D eigenvalue weighted by Gasteiger charge is 2.49. The maximum atomic E-state index is 12.4. The van der Waals surface area contributed by atoms with E-state index < -0.39 is 0 Å². The summed E-state index contributed by atoms with van der Waals surface area (Å²) in [4.78, 5) is 12.4. The summed E-state index contributed by atoms with van der Waals surface area (Å²) in [7, 11) is 1.61.